The zero-order valence-corrected chi connectivity index (χ0v) is 19.2. The van der Waals surface area contributed by atoms with Crippen molar-refractivity contribution in [2.24, 2.45) is 0 Å². The SMILES string of the molecule is Cl.O.O.O=C1Cc2cc(CCN3CCN(c4nsc5ccccc45)CC3)c(Cl)cc2N1. The van der Waals surface area contributed by atoms with E-state index in [1.165, 1.54) is 10.1 Å². The van der Waals surface area contributed by atoms with Gasteiger partial charge in [-0.1, -0.05) is 29.8 Å². The lowest BCUT2D eigenvalue weighted by Crippen LogP contribution is -2.47. The molecule has 0 saturated carbocycles. The highest BCUT2D eigenvalue weighted by atomic mass is 35.5. The maximum Gasteiger partial charge on any atom is 0.228 e. The minimum Gasteiger partial charge on any atom is -0.412 e. The average Bonchev–Trinajstić information content (AvgIpc) is 3.29. The number of aromatic nitrogens is 1. The summed E-state index contributed by atoms with van der Waals surface area (Å²) < 4.78 is 5.94. The summed E-state index contributed by atoms with van der Waals surface area (Å²) in [6, 6.07) is 12.4. The quantitative estimate of drug-likeness (QED) is 0.612. The summed E-state index contributed by atoms with van der Waals surface area (Å²) in [7, 11) is 0. The van der Waals surface area contributed by atoms with E-state index in [0.717, 1.165) is 66.8 Å². The summed E-state index contributed by atoms with van der Waals surface area (Å²) in [5.41, 5.74) is 3.05. The predicted molar refractivity (Wildman–Crippen MR) is 130 cm³/mol. The molecule has 5 rings (SSSR count). The molecule has 31 heavy (non-hydrogen) atoms. The zero-order valence-electron chi connectivity index (χ0n) is 16.9. The van der Waals surface area contributed by atoms with Crippen LogP contribution < -0.4 is 10.2 Å². The maximum atomic E-state index is 11.6. The van der Waals surface area contributed by atoms with Crippen LogP contribution in [0.2, 0.25) is 5.02 Å². The Morgan fingerprint density at radius 2 is 1.84 bits per heavy atom. The maximum absolute atomic E-state index is 11.6. The van der Waals surface area contributed by atoms with Crippen molar-refractivity contribution in [1.82, 2.24) is 9.27 Å². The van der Waals surface area contributed by atoms with Crippen LogP contribution in [0, 0.1) is 0 Å². The molecule has 10 heteroatoms. The van der Waals surface area contributed by atoms with E-state index >= 15 is 0 Å². The van der Waals surface area contributed by atoms with Crippen LogP contribution in [0.4, 0.5) is 11.5 Å². The number of hydrogen-bond donors (Lipinski definition) is 1. The van der Waals surface area contributed by atoms with Gasteiger partial charge in [-0.25, -0.2) is 0 Å². The molecule has 3 heterocycles. The number of hydrogen-bond acceptors (Lipinski definition) is 5. The van der Waals surface area contributed by atoms with Crippen molar-refractivity contribution in [2.45, 2.75) is 12.8 Å². The third-order valence-corrected chi connectivity index (χ3v) is 6.79. The number of carbonyl (C=O) groups excluding carboxylic acids is 1. The van der Waals surface area contributed by atoms with E-state index in [2.05, 4.69) is 49.8 Å². The number of nitrogens with zero attached hydrogens (tertiary/aromatic N) is 3. The van der Waals surface area contributed by atoms with Gasteiger partial charge in [0.1, 0.15) is 5.82 Å². The van der Waals surface area contributed by atoms with Crippen LogP contribution in [0.3, 0.4) is 0 Å². The van der Waals surface area contributed by atoms with Crippen LogP contribution >= 0.6 is 35.5 Å². The van der Waals surface area contributed by atoms with Gasteiger partial charge < -0.3 is 21.2 Å². The summed E-state index contributed by atoms with van der Waals surface area (Å²) in [4.78, 5) is 16.4. The van der Waals surface area contributed by atoms with Gasteiger partial charge in [-0.15, -0.1) is 12.4 Å². The topological polar surface area (TPSA) is 111 Å². The molecule has 0 spiro atoms. The van der Waals surface area contributed by atoms with Crippen molar-refractivity contribution in [3.8, 4) is 0 Å². The van der Waals surface area contributed by atoms with Crippen LogP contribution in [0.5, 0.6) is 0 Å². The summed E-state index contributed by atoms with van der Waals surface area (Å²) in [6.45, 7) is 5.00. The van der Waals surface area contributed by atoms with E-state index in [9.17, 15) is 4.79 Å². The Bertz CT molecular complexity index is 1050. The van der Waals surface area contributed by atoms with E-state index in [0.29, 0.717) is 6.42 Å². The lowest BCUT2D eigenvalue weighted by atomic mass is 10.1. The number of nitrogens with one attached hydrogen (secondary N) is 1. The number of fused-ring (bicyclic) bond motifs is 2. The van der Waals surface area contributed by atoms with Gasteiger partial charge in [0, 0.05) is 48.8 Å². The number of carbonyl (C=O) groups is 1. The summed E-state index contributed by atoms with van der Waals surface area (Å²) in [6.07, 6.45) is 1.36. The Balaban J connectivity index is 0.00000114. The monoisotopic (exact) mass is 484 g/mol. The fraction of sp³-hybridized carbons (Fsp3) is 0.333. The summed E-state index contributed by atoms with van der Waals surface area (Å²) in [5.74, 6) is 1.17. The molecule has 0 aliphatic carbocycles. The minimum absolute atomic E-state index is 0. The van der Waals surface area contributed by atoms with Gasteiger partial charge in [0.05, 0.1) is 11.1 Å². The number of piperazine rings is 1. The van der Waals surface area contributed by atoms with Gasteiger partial charge in [0.2, 0.25) is 5.91 Å². The van der Waals surface area contributed by atoms with Gasteiger partial charge >= 0.3 is 0 Å². The van der Waals surface area contributed by atoms with Crippen LogP contribution in [0.15, 0.2) is 36.4 Å². The number of rotatable bonds is 4. The van der Waals surface area contributed by atoms with Gasteiger partial charge in [0.15, 0.2) is 0 Å². The smallest absolute Gasteiger partial charge is 0.228 e. The molecule has 0 atom stereocenters. The molecule has 168 valence electrons. The zero-order chi connectivity index (χ0) is 19.1. The molecule has 1 fully saturated rings. The third kappa shape index (κ3) is 5.11. The van der Waals surface area contributed by atoms with Crippen molar-refractivity contribution in [2.75, 3.05) is 42.9 Å². The lowest BCUT2D eigenvalue weighted by Gasteiger charge is -2.35. The second-order valence-corrected chi connectivity index (χ2v) is 8.62. The van der Waals surface area contributed by atoms with Gasteiger partial charge in [-0.3, -0.25) is 9.69 Å². The number of amides is 1. The second-order valence-electron chi connectivity index (χ2n) is 7.41. The third-order valence-electron chi connectivity index (χ3n) is 5.62. The first-order valence-corrected chi connectivity index (χ1v) is 10.8. The van der Waals surface area contributed by atoms with Gasteiger partial charge in [-0.05, 0) is 47.3 Å². The van der Waals surface area contributed by atoms with Crippen LogP contribution in [-0.4, -0.2) is 58.9 Å². The van der Waals surface area contributed by atoms with Crippen molar-refractivity contribution >= 4 is 63.0 Å². The average molecular weight is 485 g/mol. The summed E-state index contributed by atoms with van der Waals surface area (Å²) >= 11 is 8.01. The fourth-order valence-electron chi connectivity index (χ4n) is 4.05. The molecule has 1 aromatic heterocycles. The first kappa shape index (κ1) is 25.3. The molecule has 0 unspecified atom stereocenters. The van der Waals surface area contributed by atoms with Crippen molar-refractivity contribution in [3.63, 3.8) is 0 Å². The molecule has 7 nitrogen and oxygen atoms in total. The van der Waals surface area contributed by atoms with Gasteiger partial charge in [0.25, 0.3) is 0 Å². The molecule has 0 radical (unpaired) electrons. The molecule has 2 aliphatic heterocycles. The van der Waals surface area contributed by atoms with Crippen molar-refractivity contribution < 1.29 is 15.7 Å². The van der Waals surface area contributed by atoms with E-state index in [1.54, 1.807) is 11.5 Å². The highest BCUT2D eigenvalue weighted by Crippen LogP contribution is 2.31. The largest absolute Gasteiger partial charge is 0.412 e. The number of benzene rings is 2. The standard InChI is InChI=1S/C21H21ClN4OS.ClH.2H2O/c22-17-13-18-15(12-20(27)23-18)11-14(17)5-6-25-7-9-26(10-8-25)21-16-3-1-2-4-19(16)28-24-21;;;/h1-4,11,13H,5-10,12H2,(H,23,27);1H;2*1H2. The lowest BCUT2D eigenvalue weighted by molar-refractivity contribution is -0.115. The van der Waals surface area contributed by atoms with E-state index in [1.807, 2.05) is 6.07 Å². The molecule has 0 bridgehead atoms. The highest BCUT2D eigenvalue weighted by molar-refractivity contribution is 7.13. The molecule has 5 N–H and O–H groups in total. The van der Waals surface area contributed by atoms with Crippen LogP contribution in [-0.2, 0) is 17.6 Å². The van der Waals surface area contributed by atoms with Crippen molar-refractivity contribution in [1.29, 1.82) is 0 Å². The Kier molecular flexibility index (Phi) is 8.65. The van der Waals surface area contributed by atoms with E-state index in [-0.39, 0.29) is 29.3 Å². The van der Waals surface area contributed by atoms with Crippen molar-refractivity contribution in [3.05, 3.63) is 52.5 Å². The fourth-order valence-corrected chi connectivity index (χ4v) is 5.11. The Labute approximate surface area is 196 Å². The Morgan fingerprint density at radius 3 is 2.61 bits per heavy atom. The molecule has 2 aromatic carbocycles. The number of halogens is 2. The molecule has 1 amide bonds. The first-order chi connectivity index (χ1) is 13.7. The molecular formula is C21H26Cl2N4O3S. The van der Waals surface area contributed by atoms with E-state index < -0.39 is 0 Å². The predicted octanol–water partition coefficient (Wildman–Crippen LogP) is 2.58. The summed E-state index contributed by atoms with van der Waals surface area (Å²) in [5, 5.41) is 4.86. The molecular weight excluding hydrogens is 459 g/mol. The van der Waals surface area contributed by atoms with E-state index in [4.69, 9.17) is 11.6 Å². The highest BCUT2D eigenvalue weighted by Gasteiger charge is 2.22. The Hall–Kier alpha value is -1.94. The molecule has 1 saturated heterocycles. The normalized spacial score (nSPS) is 15.5. The second kappa shape index (κ2) is 10.6. The van der Waals surface area contributed by atoms with Crippen LogP contribution in [0.25, 0.3) is 10.1 Å². The first-order valence-electron chi connectivity index (χ1n) is 9.60. The van der Waals surface area contributed by atoms with Crippen LogP contribution in [0.1, 0.15) is 11.1 Å². The number of anilines is 2. The molecule has 3 aromatic rings. The van der Waals surface area contributed by atoms with Gasteiger partial charge in [-0.2, -0.15) is 4.37 Å². The molecule has 2 aliphatic rings. The Morgan fingerprint density at radius 1 is 1.10 bits per heavy atom. The minimum atomic E-state index is 0.